The first-order valence-electron chi connectivity index (χ1n) is 10.8. The van der Waals surface area contributed by atoms with Crippen molar-refractivity contribution in [1.82, 2.24) is 0 Å². The maximum Gasteiger partial charge on any atom is 0.321 e. The first kappa shape index (κ1) is 29.7. The van der Waals surface area contributed by atoms with Crippen molar-refractivity contribution < 1.29 is 24.9 Å². The lowest BCUT2D eigenvalue weighted by Gasteiger charge is -2.19. The highest BCUT2D eigenvalue weighted by atomic mass is 32.2. The Kier molecular flexibility index (Phi) is 19.0. The third-order valence-electron chi connectivity index (χ3n) is 4.12. The minimum Gasteiger partial charge on any atom is -0.481 e. The zero-order valence-corrected chi connectivity index (χ0v) is 19.6. The monoisotopic (exact) mass is 463 g/mol. The highest BCUT2D eigenvalue weighted by molar-refractivity contribution is 8.00. The molecule has 0 saturated heterocycles. The molecule has 5 N–H and O–H groups in total. The van der Waals surface area contributed by atoms with E-state index in [1.807, 2.05) is 60.8 Å². The van der Waals surface area contributed by atoms with E-state index in [9.17, 15) is 14.7 Å². The van der Waals surface area contributed by atoms with E-state index in [0.29, 0.717) is 12.8 Å². The lowest BCUT2D eigenvalue weighted by Crippen LogP contribution is -2.34. The number of carboxylic acids is 2. The molecule has 0 rings (SSSR count). The van der Waals surface area contributed by atoms with Gasteiger partial charge in [0.05, 0.1) is 6.10 Å². The van der Waals surface area contributed by atoms with Gasteiger partial charge in [0, 0.05) is 17.4 Å². The van der Waals surface area contributed by atoms with E-state index in [0.717, 1.165) is 19.3 Å². The van der Waals surface area contributed by atoms with Crippen LogP contribution in [0.25, 0.3) is 0 Å². The highest BCUT2D eigenvalue weighted by Crippen LogP contribution is 2.20. The standard InChI is InChI=1S/C25H37NO5S/c1-2-3-4-5-11-14-17-22(27)23(32-20-21(26)25(30)31)18-15-12-9-7-6-8-10-13-16-19-24(28)29/h3-4,6-7,9-15,18,21-23,27H,2,5,8,16-17,19-20,26H2,1H3,(H,28,29)(H,30,31)/b4-3-,7-6-,12-9+,13-10-,14-11-,18-15+/t21-,22-,23+/m0/s1. The second-order valence-corrected chi connectivity index (χ2v) is 8.18. The van der Waals surface area contributed by atoms with Crippen LogP contribution in [0.1, 0.15) is 45.4 Å². The van der Waals surface area contributed by atoms with Crippen molar-refractivity contribution >= 4 is 23.7 Å². The summed E-state index contributed by atoms with van der Waals surface area (Å²) >= 11 is 1.33. The third kappa shape index (κ3) is 18.4. The van der Waals surface area contributed by atoms with Crippen LogP contribution in [0.5, 0.6) is 0 Å². The molecule has 0 amide bonds. The molecule has 0 radical (unpaired) electrons. The maximum absolute atomic E-state index is 11.0. The predicted molar refractivity (Wildman–Crippen MR) is 134 cm³/mol. The van der Waals surface area contributed by atoms with Gasteiger partial charge in [-0.3, -0.25) is 9.59 Å². The van der Waals surface area contributed by atoms with Crippen LogP contribution in [-0.4, -0.2) is 50.4 Å². The Morgan fingerprint density at radius 1 is 0.906 bits per heavy atom. The fourth-order valence-electron chi connectivity index (χ4n) is 2.35. The molecule has 0 unspecified atom stereocenters. The van der Waals surface area contributed by atoms with Gasteiger partial charge >= 0.3 is 11.9 Å². The smallest absolute Gasteiger partial charge is 0.321 e. The van der Waals surface area contributed by atoms with Crippen molar-refractivity contribution in [3.63, 3.8) is 0 Å². The van der Waals surface area contributed by atoms with Gasteiger partial charge in [-0.1, -0.05) is 79.8 Å². The van der Waals surface area contributed by atoms with Crippen molar-refractivity contribution in [2.24, 2.45) is 5.73 Å². The van der Waals surface area contributed by atoms with Gasteiger partial charge < -0.3 is 21.1 Å². The molecule has 0 aromatic heterocycles. The van der Waals surface area contributed by atoms with Gasteiger partial charge in [-0.05, 0) is 32.1 Å². The molecule has 3 atom stereocenters. The summed E-state index contributed by atoms with van der Waals surface area (Å²) in [6.07, 6.45) is 26.1. The number of thioether (sulfide) groups is 1. The highest BCUT2D eigenvalue weighted by Gasteiger charge is 2.19. The number of carbonyl (C=O) groups is 2. The van der Waals surface area contributed by atoms with Gasteiger partial charge in [-0.15, -0.1) is 11.8 Å². The minimum atomic E-state index is -1.06. The third-order valence-corrected chi connectivity index (χ3v) is 5.53. The Balaban J connectivity index is 4.64. The summed E-state index contributed by atoms with van der Waals surface area (Å²) in [5.74, 6) is -1.65. The van der Waals surface area contributed by atoms with Crippen LogP contribution < -0.4 is 5.73 Å². The summed E-state index contributed by atoms with van der Waals surface area (Å²) < 4.78 is 0. The van der Waals surface area contributed by atoms with Crippen LogP contribution >= 0.6 is 11.8 Å². The molecule has 7 heteroatoms. The Bertz CT molecular complexity index is 694. The Hall–Kier alpha value is -2.35. The molecule has 178 valence electrons. The van der Waals surface area contributed by atoms with Crippen LogP contribution in [0.4, 0.5) is 0 Å². The number of aliphatic carboxylic acids is 2. The van der Waals surface area contributed by atoms with Crippen molar-refractivity contribution in [3.05, 3.63) is 72.9 Å². The van der Waals surface area contributed by atoms with Gasteiger partial charge in [0.2, 0.25) is 0 Å². The molecule has 0 aliphatic heterocycles. The number of aliphatic hydroxyl groups is 1. The summed E-state index contributed by atoms with van der Waals surface area (Å²) in [6.45, 7) is 2.08. The number of carboxylic acid groups (broad SMARTS) is 2. The van der Waals surface area contributed by atoms with Crippen molar-refractivity contribution in [2.75, 3.05) is 5.75 Å². The molecule has 0 fully saturated rings. The number of nitrogens with two attached hydrogens (primary N) is 1. The van der Waals surface area contributed by atoms with E-state index in [1.165, 1.54) is 11.8 Å². The molecule has 0 bridgehead atoms. The number of allylic oxidation sites excluding steroid dienone is 10. The van der Waals surface area contributed by atoms with E-state index < -0.39 is 24.1 Å². The zero-order chi connectivity index (χ0) is 24.0. The quantitative estimate of drug-likeness (QED) is 0.172. The van der Waals surface area contributed by atoms with E-state index >= 15 is 0 Å². The van der Waals surface area contributed by atoms with E-state index in [2.05, 4.69) is 19.1 Å². The molecule has 0 aliphatic rings. The molecule has 0 saturated carbocycles. The Morgan fingerprint density at radius 2 is 1.56 bits per heavy atom. The molecular weight excluding hydrogens is 426 g/mol. The largest absolute Gasteiger partial charge is 0.481 e. The van der Waals surface area contributed by atoms with Gasteiger partial charge in [0.25, 0.3) is 0 Å². The minimum absolute atomic E-state index is 0.138. The molecule has 0 heterocycles. The zero-order valence-electron chi connectivity index (χ0n) is 18.8. The SMILES string of the molecule is CC/C=C\C/C=C\C[C@H](O)[C@@H](/C=C/C=C/C=C\C/C=C\CCC(=O)O)SC[C@H](N)C(=O)O. The van der Waals surface area contributed by atoms with Gasteiger partial charge in [0.1, 0.15) is 6.04 Å². The molecule has 0 aromatic carbocycles. The molecule has 0 spiro atoms. The summed E-state index contributed by atoms with van der Waals surface area (Å²) in [5, 5.41) is 27.8. The van der Waals surface area contributed by atoms with Crippen molar-refractivity contribution in [2.45, 2.75) is 62.8 Å². The van der Waals surface area contributed by atoms with E-state index in [4.69, 9.17) is 15.9 Å². The van der Waals surface area contributed by atoms with Gasteiger partial charge in [-0.25, -0.2) is 0 Å². The predicted octanol–water partition coefficient (Wildman–Crippen LogP) is 4.64. The van der Waals surface area contributed by atoms with Crippen LogP contribution in [0, 0.1) is 0 Å². The van der Waals surface area contributed by atoms with E-state index in [1.54, 1.807) is 0 Å². The molecule has 0 aromatic rings. The molecule has 6 nitrogen and oxygen atoms in total. The maximum atomic E-state index is 11.0. The average molecular weight is 464 g/mol. The number of hydrogen-bond acceptors (Lipinski definition) is 5. The lowest BCUT2D eigenvalue weighted by molar-refractivity contribution is -0.138. The first-order chi connectivity index (χ1) is 15.4. The number of rotatable bonds is 18. The topological polar surface area (TPSA) is 121 Å². The van der Waals surface area contributed by atoms with Crippen LogP contribution in [0.2, 0.25) is 0 Å². The van der Waals surface area contributed by atoms with Gasteiger partial charge in [-0.2, -0.15) is 0 Å². The average Bonchev–Trinajstić information content (AvgIpc) is 2.75. The Morgan fingerprint density at radius 3 is 2.25 bits per heavy atom. The van der Waals surface area contributed by atoms with Crippen molar-refractivity contribution in [1.29, 1.82) is 0 Å². The van der Waals surface area contributed by atoms with Crippen molar-refractivity contribution in [3.8, 4) is 0 Å². The molecular formula is C25H37NO5S. The summed E-state index contributed by atoms with van der Waals surface area (Å²) in [6, 6.07) is -0.972. The fourth-order valence-corrected chi connectivity index (χ4v) is 3.45. The molecule has 32 heavy (non-hydrogen) atoms. The normalized spacial score (nSPS) is 15.7. The summed E-state index contributed by atoms with van der Waals surface area (Å²) in [4.78, 5) is 21.4. The fraction of sp³-hybridized carbons (Fsp3) is 0.440. The van der Waals surface area contributed by atoms with Gasteiger partial charge in [0.15, 0.2) is 0 Å². The second kappa shape index (κ2) is 20.5. The Labute approximate surface area is 196 Å². The number of aliphatic hydroxyl groups excluding tert-OH is 1. The second-order valence-electron chi connectivity index (χ2n) is 6.97. The summed E-state index contributed by atoms with van der Waals surface area (Å²) in [5.41, 5.74) is 5.60. The van der Waals surface area contributed by atoms with E-state index in [-0.39, 0.29) is 17.4 Å². The van der Waals surface area contributed by atoms with Crippen LogP contribution in [0.15, 0.2) is 72.9 Å². The first-order valence-corrected chi connectivity index (χ1v) is 11.9. The number of hydrogen-bond donors (Lipinski definition) is 4. The van der Waals surface area contributed by atoms with Crippen LogP contribution in [-0.2, 0) is 9.59 Å². The van der Waals surface area contributed by atoms with Crippen LogP contribution in [0.3, 0.4) is 0 Å². The summed E-state index contributed by atoms with van der Waals surface area (Å²) in [7, 11) is 0. The molecule has 0 aliphatic carbocycles. The lowest BCUT2D eigenvalue weighted by atomic mass is 10.1.